The summed E-state index contributed by atoms with van der Waals surface area (Å²) in [7, 11) is 0. The van der Waals surface area contributed by atoms with Crippen LogP contribution in [0.5, 0.6) is 5.75 Å². The Morgan fingerprint density at radius 2 is 1.70 bits per heavy atom. The molecule has 1 aromatic rings. The summed E-state index contributed by atoms with van der Waals surface area (Å²) in [6.45, 7) is 20.1. The molecule has 152 valence electrons. The fourth-order valence-corrected chi connectivity index (χ4v) is 3.93. The summed E-state index contributed by atoms with van der Waals surface area (Å²) >= 11 is 0. The molecule has 1 aromatic carbocycles. The van der Waals surface area contributed by atoms with Gasteiger partial charge in [-0.25, -0.2) is 4.39 Å². The highest BCUT2D eigenvalue weighted by atomic mass is 19.1. The van der Waals surface area contributed by atoms with Crippen LogP contribution >= 0.6 is 0 Å². The van der Waals surface area contributed by atoms with E-state index in [4.69, 9.17) is 9.47 Å². The summed E-state index contributed by atoms with van der Waals surface area (Å²) in [5.41, 5.74) is 2.54. The lowest BCUT2D eigenvalue weighted by Crippen LogP contribution is -2.51. The number of fused-ring (bicyclic) bond motifs is 1. The smallest absolute Gasteiger partial charge is 0.306 e. The van der Waals surface area contributed by atoms with Crippen molar-refractivity contribution in [3.05, 3.63) is 28.1 Å². The first-order valence-corrected chi connectivity index (χ1v) is 9.81. The molecule has 0 aliphatic carbocycles. The van der Waals surface area contributed by atoms with E-state index in [2.05, 4.69) is 27.7 Å². The molecule has 1 unspecified atom stereocenters. The number of hydrogen-bond donors (Lipinski definition) is 0. The van der Waals surface area contributed by atoms with Gasteiger partial charge in [-0.2, -0.15) is 0 Å². The highest BCUT2D eigenvalue weighted by Gasteiger charge is 2.50. The SMILES string of the molecule is Cc1c(C)c2c(c(F)c1CCC(=O)OC(C)(C)C)OC(C)C(C)(C)C2(C)C. The molecule has 0 saturated carbocycles. The van der Waals surface area contributed by atoms with E-state index in [-0.39, 0.29) is 35.1 Å². The Kier molecular flexibility index (Phi) is 5.46. The lowest BCUT2D eigenvalue weighted by atomic mass is 9.59. The molecule has 4 heteroatoms. The van der Waals surface area contributed by atoms with Crippen LogP contribution in [0, 0.1) is 25.1 Å². The predicted octanol–water partition coefficient (Wildman–Crippen LogP) is 5.80. The van der Waals surface area contributed by atoms with Gasteiger partial charge in [0.1, 0.15) is 11.7 Å². The number of benzene rings is 1. The zero-order chi connectivity index (χ0) is 20.9. The van der Waals surface area contributed by atoms with Crippen LogP contribution in [0.3, 0.4) is 0 Å². The van der Waals surface area contributed by atoms with E-state index in [1.807, 2.05) is 41.5 Å². The first-order chi connectivity index (χ1) is 12.1. The van der Waals surface area contributed by atoms with Gasteiger partial charge in [-0.05, 0) is 64.7 Å². The molecule has 1 aliphatic rings. The molecular formula is C23H35FO3. The molecule has 0 N–H and O–H groups in total. The van der Waals surface area contributed by atoms with Crippen LogP contribution in [0.1, 0.15) is 84.1 Å². The van der Waals surface area contributed by atoms with Crippen molar-refractivity contribution in [3.63, 3.8) is 0 Å². The summed E-state index contributed by atoms with van der Waals surface area (Å²) in [5, 5.41) is 0. The van der Waals surface area contributed by atoms with Gasteiger partial charge in [0.25, 0.3) is 0 Å². The van der Waals surface area contributed by atoms with Crippen LogP contribution in [0.4, 0.5) is 4.39 Å². The number of rotatable bonds is 3. The molecule has 27 heavy (non-hydrogen) atoms. The average molecular weight is 379 g/mol. The van der Waals surface area contributed by atoms with Gasteiger partial charge >= 0.3 is 5.97 Å². The number of carbonyl (C=O) groups excluding carboxylic acids is 1. The summed E-state index contributed by atoms with van der Waals surface area (Å²) in [6.07, 6.45) is 0.343. The second kappa shape index (κ2) is 6.79. The monoisotopic (exact) mass is 378 g/mol. The number of carbonyl (C=O) groups is 1. The Balaban J connectivity index is 2.47. The molecule has 1 heterocycles. The van der Waals surface area contributed by atoms with E-state index in [0.717, 1.165) is 16.7 Å². The number of esters is 1. The Morgan fingerprint density at radius 1 is 1.15 bits per heavy atom. The van der Waals surface area contributed by atoms with Crippen molar-refractivity contribution in [1.29, 1.82) is 0 Å². The second-order valence-electron chi connectivity index (χ2n) is 9.94. The van der Waals surface area contributed by atoms with Crippen molar-refractivity contribution in [3.8, 4) is 5.75 Å². The molecule has 1 aliphatic heterocycles. The van der Waals surface area contributed by atoms with Crippen LogP contribution < -0.4 is 4.74 Å². The fourth-order valence-electron chi connectivity index (χ4n) is 3.93. The lowest BCUT2D eigenvalue weighted by Gasteiger charge is -2.51. The summed E-state index contributed by atoms with van der Waals surface area (Å²) < 4.78 is 26.9. The maximum absolute atomic E-state index is 15.5. The molecule has 2 rings (SSSR count). The van der Waals surface area contributed by atoms with Gasteiger partial charge in [0.15, 0.2) is 11.6 Å². The van der Waals surface area contributed by atoms with Gasteiger partial charge in [-0.1, -0.05) is 27.7 Å². The van der Waals surface area contributed by atoms with Crippen LogP contribution in [-0.2, 0) is 21.4 Å². The molecule has 0 spiro atoms. The number of ether oxygens (including phenoxy) is 2. The van der Waals surface area contributed by atoms with Crippen molar-refractivity contribution >= 4 is 5.97 Å². The van der Waals surface area contributed by atoms with E-state index >= 15 is 4.39 Å². The van der Waals surface area contributed by atoms with Crippen molar-refractivity contribution in [1.82, 2.24) is 0 Å². The van der Waals surface area contributed by atoms with Crippen LogP contribution in [0.25, 0.3) is 0 Å². The van der Waals surface area contributed by atoms with E-state index in [1.165, 1.54) is 0 Å². The van der Waals surface area contributed by atoms with E-state index in [9.17, 15) is 4.79 Å². The van der Waals surface area contributed by atoms with Crippen molar-refractivity contribution in [2.75, 3.05) is 0 Å². The topological polar surface area (TPSA) is 35.5 Å². The van der Waals surface area contributed by atoms with Crippen molar-refractivity contribution in [2.45, 2.75) is 99.2 Å². The normalized spacial score (nSPS) is 20.6. The van der Waals surface area contributed by atoms with Crippen molar-refractivity contribution in [2.24, 2.45) is 5.41 Å². The lowest BCUT2D eigenvalue weighted by molar-refractivity contribution is -0.154. The minimum atomic E-state index is -0.537. The van der Waals surface area contributed by atoms with Crippen LogP contribution in [0.15, 0.2) is 0 Å². The average Bonchev–Trinajstić information content (AvgIpc) is 2.49. The highest BCUT2D eigenvalue weighted by molar-refractivity contribution is 5.70. The van der Waals surface area contributed by atoms with Gasteiger partial charge in [-0.3, -0.25) is 4.79 Å². The Morgan fingerprint density at radius 3 is 2.22 bits per heavy atom. The van der Waals surface area contributed by atoms with Gasteiger partial charge in [0.2, 0.25) is 0 Å². The van der Waals surface area contributed by atoms with Gasteiger partial charge in [-0.15, -0.1) is 0 Å². The summed E-state index contributed by atoms with van der Waals surface area (Å²) in [6, 6.07) is 0. The summed E-state index contributed by atoms with van der Waals surface area (Å²) in [4.78, 5) is 12.1. The zero-order valence-corrected chi connectivity index (χ0v) is 18.6. The molecule has 0 fully saturated rings. The minimum Gasteiger partial charge on any atom is -0.487 e. The molecule has 3 nitrogen and oxygen atoms in total. The Hall–Kier alpha value is -1.58. The molecular weight excluding hydrogens is 343 g/mol. The Bertz CT molecular complexity index is 754. The molecule has 0 radical (unpaired) electrons. The fraction of sp³-hybridized carbons (Fsp3) is 0.696. The van der Waals surface area contributed by atoms with E-state index < -0.39 is 5.60 Å². The first kappa shape index (κ1) is 21.7. The molecule has 1 atom stereocenters. The molecule has 0 saturated heterocycles. The van der Waals surface area contributed by atoms with Gasteiger partial charge in [0, 0.05) is 22.8 Å². The van der Waals surface area contributed by atoms with E-state index in [1.54, 1.807) is 0 Å². The number of halogens is 1. The van der Waals surface area contributed by atoms with Crippen molar-refractivity contribution < 1.29 is 18.7 Å². The third kappa shape index (κ3) is 3.72. The van der Waals surface area contributed by atoms with Gasteiger partial charge < -0.3 is 9.47 Å². The maximum Gasteiger partial charge on any atom is 0.306 e. The van der Waals surface area contributed by atoms with Gasteiger partial charge in [0.05, 0.1) is 0 Å². The maximum atomic E-state index is 15.5. The largest absolute Gasteiger partial charge is 0.487 e. The molecule has 0 aromatic heterocycles. The summed E-state index contributed by atoms with van der Waals surface area (Å²) in [5.74, 6) is -0.284. The molecule has 0 amide bonds. The second-order valence-corrected chi connectivity index (χ2v) is 9.94. The molecule has 0 bridgehead atoms. The first-order valence-electron chi connectivity index (χ1n) is 9.81. The Labute approximate surface area is 163 Å². The third-order valence-electron chi connectivity index (χ3n) is 6.63. The van der Waals surface area contributed by atoms with E-state index in [0.29, 0.717) is 17.7 Å². The quantitative estimate of drug-likeness (QED) is 0.623. The van der Waals surface area contributed by atoms with Crippen LogP contribution in [0.2, 0.25) is 0 Å². The number of hydrogen-bond acceptors (Lipinski definition) is 3. The third-order valence-corrected chi connectivity index (χ3v) is 6.63. The standard InChI is InChI=1S/C23H35FO3/c1-13-14(2)18-20(26-15(3)22(7,8)23(18,9)10)19(24)16(13)11-12-17(25)27-21(4,5)6/h15H,11-12H2,1-10H3. The minimum absolute atomic E-state index is 0.115. The predicted molar refractivity (Wildman–Crippen MR) is 107 cm³/mol. The van der Waals surface area contributed by atoms with Crippen LogP contribution in [-0.4, -0.2) is 17.7 Å². The highest BCUT2D eigenvalue weighted by Crippen LogP contribution is 2.54. The zero-order valence-electron chi connectivity index (χ0n) is 18.6.